The van der Waals surface area contributed by atoms with E-state index in [4.69, 9.17) is 16.1 Å². The van der Waals surface area contributed by atoms with E-state index in [1.54, 1.807) is 37.3 Å². The second-order valence-electron chi connectivity index (χ2n) is 7.60. The van der Waals surface area contributed by atoms with Crippen molar-refractivity contribution >= 4 is 44.6 Å². The number of anilines is 1. The Morgan fingerprint density at radius 3 is 2.91 bits per heavy atom. The highest BCUT2D eigenvalue weighted by Crippen LogP contribution is 2.35. The van der Waals surface area contributed by atoms with E-state index < -0.39 is 15.9 Å². The van der Waals surface area contributed by atoms with Gasteiger partial charge in [0.05, 0.1) is 15.7 Å². The predicted octanol–water partition coefficient (Wildman–Crippen LogP) is 4.36. The minimum Gasteiger partial charge on any atom is -0.339 e. The zero-order valence-corrected chi connectivity index (χ0v) is 20.1. The fourth-order valence-corrected chi connectivity index (χ4v) is 6.85. The Morgan fingerprint density at radius 1 is 1.38 bits per heavy atom. The van der Waals surface area contributed by atoms with Gasteiger partial charge in [-0.2, -0.15) is 9.29 Å². The van der Waals surface area contributed by atoms with Crippen LogP contribution in [0.15, 0.2) is 39.8 Å². The van der Waals surface area contributed by atoms with Gasteiger partial charge in [-0.15, -0.1) is 11.3 Å². The summed E-state index contributed by atoms with van der Waals surface area (Å²) in [6.45, 7) is 4.16. The molecule has 0 unspecified atom stereocenters. The summed E-state index contributed by atoms with van der Waals surface area (Å²) < 4.78 is 33.4. The average Bonchev–Trinajstić information content (AvgIpc) is 3.40. The van der Waals surface area contributed by atoms with Crippen molar-refractivity contribution in [3.05, 3.63) is 46.1 Å². The Labute approximate surface area is 195 Å². The number of hydrogen-bond acceptors (Lipinski definition) is 7. The van der Waals surface area contributed by atoms with E-state index in [1.807, 2.05) is 6.92 Å². The van der Waals surface area contributed by atoms with Crippen molar-refractivity contribution in [3.8, 4) is 10.7 Å². The van der Waals surface area contributed by atoms with Gasteiger partial charge in [-0.05, 0) is 44.0 Å². The smallest absolute Gasteiger partial charge is 0.244 e. The Kier molecular flexibility index (Phi) is 6.66. The molecular formula is C21H23ClN4O4S2. The monoisotopic (exact) mass is 494 g/mol. The van der Waals surface area contributed by atoms with Crippen LogP contribution in [-0.4, -0.2) is 41.9 Å². The zero-order chi connectivity index (χ0) is 22.9. The van der Waals surface area contributed by atoms with Crippen LogP contribution in [0, 0.1) is 12.8 Å². The molecule has 170 valence electrons. The fourth-order valence-electron chi connectivity index (χ4n) is 3.65. The van der Waals surface area contributed by atoms with Gasteiger partial charge < -0.3 is 9.84 Å². The normalized spacial score (nSPS) is 17.4. The van der Waals surface area contributed by atoms with E-state index in [9.17, 15) is 13.2 Å². The Morgan fingerprint density at radius 2 is 2.19 bits per heavy atom. The molecule has 3 heterocycles. The van der Waals surface area contributed by atoms with E-state index in [1.165, 1.54) is 15.6 Å². The van der Waals surface area contributed by atoms with Gasteiger partial charge in [0.25, 0.3) is 0 Å². The van der Waals surface area contributed by atoms with Crippen molar-refractivity contribution < 1.29 is 17.7 Å². The minimum atomic E-state index is -3.77. The van der Waals surface area contributed by atoms with Crippen LogP contribution < -0.4 is 5.32 Å². The predicted molar refractivity (Wildman–Crippen MR) is 123 cm³/mol. The van der Waals surface area contributed by atoms with Crippen LogP contribution in [0.1, 0.15) is 30.5 Å². The number of thiophene rings is 1. The number of nitrogens with zero attached hydrogens (tertiary/aromatic N) is 3. The summed E-state index contributed by atoms with van der Waals surface area (Å²) in [5, 5.41) is 7.30. The number of rotatable bonds is 6. The summed E-state index contributed by atoms with van der Waals surface area (Å²) in [5.74, 6) is 0.225. The number of carbonyl (C=O) groups excluding carboxylic acids is 1. The van der Waals surface area contributed by atoms with Gasteiger partial charge in [-0.25, -0.2) is 8.42 Å². The quantitative estimate of drug-likeness (QED) is 0.545. The van der Waals surface area contributed by atoms with Gasteiger partial charge in [0.15, 0.2) is 0 Å². The molecule has 1 saturated heterocycles. The number of halogens is 1. The number of aromatic nitrogens is 2. The zero-order valence-electron chi connectivity index (χ0n) is 17.7. The second-order valence-corrected chi connectivity index (χ2v) is 11.2. The van der Waals surface area contributed by atoms with Gasteiger partial charge in [-0.1, -0.05) is 29.7 Å². The molecule has 2 aromatic heterocycles. The lowest BCUT2D eigenvalue weighted by molar-refractivity contribution is -0.120. The number of benzene rings is 1. The summed E-state index contributed by atoms with van der Waals surface area (Å²) >= 11 is 7.29. The minimum absolute atomic E-state index is 0.127. The molecule has 1 atom stereocenters. The first-order valence-corrected chi connectivity index (χ1v) is 12.9. The molecule has 1 N–H and O–H groups in total. The SMILES string of the molecule is CCc1nc(-c2cc(S(=O)(=O)N3CCC[C@@H](C(=O)Nc4cccc(Cl)c4)C3)c(C)s2)no1. The van der Waals surface area contributed by atoms with Crippen molar-refractivity contribution in [1.82, 2.24) is 14.4 Å². The van der Waals surface area contributed by atoms with Crippen molar-refractivity contribution in [3.63, 3.8) is 0 Å². The maximum absolute atomic E-state index is 13.4. The van der Waals surface area contributed by atoms with Gasteiger partial charge >= 0.3 is 0 Å². The maximum atomic E-state index is 13.4. The number of hydrogen-bond donors (Lipinski definition) is 1. The molecule has 0 aliphatic carbocycles. The van der Waals surface area contributed by atoms with E-state index in [2.05, 4.69) is 15.5 Å². The van der Waals surface area contributed by atoms with Crippen molar-refractivity contribution in [1.29, 1.82) is 0 Å². The number of sulfonamides is 1. The summed E-state index contributed by atoms with van der Waals surface area (Å²) in [5.41, 5.74) is 0.590. The lowest BCUT2D eigenvalue weighted by Gasteiger charge is -2.31. The van der Waals surface area contributed by atoms with Crippen LogP contribution >= 0.6 is 22.9 Å². The molecule has 0 bridgehead atoms. The highest BCUT2D eigenvalue weighted by Gasteiger charge is 2.35. The lowest BCUT2D eigenvalue weighted by atomic mass is 9.99. The van der Waals surface area contributed by atoms with E-state index in [0.717, 1.165) is 0 Å². The third-order valence-corrected chi connectivity index (χ3v) is 8.73. The molecule has 8 nitrogen and oxygen atoms in total. The van der Waals surface area contributed by atoms with Gasteiger partial charge in [0.2, 0.25) is 27.6 Å². The van der Waals surface area contributed by atoms with Crippen LogP contribution in [0.2, 0.25) is 5.02 Å². The van der Waals surface area contributed by atoms with Crippen LogP contribution in [-0.2, 0) is 21.2 Å². The maximum Gasteiger partial charge on any atom is 0.244 e. The largest absolute Gasteiger partial charge is 0.339 e. The van der Waals surface area contributed by atoms with Crippen LogP contribution in [0.25, 0.3) is 10.7 Å². The number of amides is 1. The molecule has 0 radical (unpaired) electrons. The van der Waals surface area contributed by atoms with E-state index >= 15 is 0 Å². The third kappa shape index (κ3) is 4.73. The standard InChI is InChI=1S/C21H23ClN4O4S2/c1-3-19-24-20(25-30-19)17-11-18(13(2)31-17)32(28,29)26-9-5-6-14(12-26)21(27)23-16-8-4-7-15(22)10-16/h4,7-8,10-11,14H,3,5-6,9,12H2,1-2H3,(H,23,27)/t14-/m1/s1. The molecule has 11 heteroatoms. The van der Waals surface area contributed by atoms with Crippen LogP contribution in [0.3, 0.4) is 0 Å². The van der Waals surface area contributed by atoms with Gasteiger partial charge in [0.1, 0.15) is 0 Å². The molecule has 1 aromatic carbocycles. The Balaban J connectivity index is 1.52. The van der Waals surface area contributed by atoms with Crippen LogP contribution in [0.4, 0.5) is 5.69 Å². The molecule has 1 aliphatic rings. The molecule has 1 fully saturated rings. The van der Waals surface area contributed by atoms with Crippen LogP contribution in [0.5, 0.6) is 0 Å². The highest BCUT2D eigenvalue weighted by atomic mass is 35.5. The lowest BCUT2D eigenvalue weighted by Crippen LogP contribution is -2.43. The first-order chi connectivity index (χ1) is 15.3. The van der Waals surface area contributed by atoms with Crippen molar-refractivity contribution in [2.24, 2.45) is 5.92 Å². The molecule has 4 rings (SSSR count). The molecular weight excluding hydrogens is 472 g/mol. The molecule has 0 spiro atoms. The van der Waals surface area contributed by atoms with E-state index in [0.29, 0.717) is 58.0 Å². The van der Waals surface area contributed by atoms with Gasteiger partial charge in [0, 0.05) is 35.1 Å². The summed E-state index contributed by atoms with van der Waals surface area (Å²) in [6, 6.07) is 8.48. The number of carbonyl (C=O) groups is 1. The highest BCUT2D eigenvalue weighted by molar-refractivity contribution is 7.89. The van der Waals surface area contributed by atoms with Crippen molar-refractivity contribution in [2.75, 3.05) is 18.4 Å². The van der Waals surface area contributed by atoms with E-state index in [-0.39, 0.29) is 17.3 Å². The summed E-state index contributed by atoms with van der Waals surface area (Å²) in [6.07, 6.45) is 1.83. The second kappa shape index (κ2) is 9.30. The van der Waals surface area contributed by atoms with Gasteiger partial charge in [-0.3, -0.25) is 4.79 Å². The number of aryl methyl sites for hydroxylation is 2. The Hall–Kier alpha value is -2.27. The molecule has 1 aliphatic heterocycles. The molecule has 1 amide bonds. The first kappa shape index (κ1) is 22.9. The molecule has 3 aromatic rings. The first-order valence-electron chi connectivity index (χ1n) is 10.3. The average molecular weight is 495 g/mol. The number of piperidine rings is 1. The Bertz CT molecular complexity index is 1240. The number of nitrogens with one attached hydrogen (secondary N) is 1. The topological polar surface area (TPSA) is 105 Å². The molecule has 0 saturated carbocycles. The van der Waals surface area contributed by atoms with Crippen molar-refractivity contribution in [2.45, 2.75) is 38.0 Å². The fraction of sp³-hybridized carbons (Fsp3) is 0.381. The molecule has 32 heavy (non-hydrogen) atoms. The summed E-state index contributed by atoms with van der Waals surface area (Å²) in [7, 11) is -3.77. The third-order valence-electron chi connectivity index (χ3n) is 5.33. The summed E-state index contributed by atoms with van der Waals surface area (Å²) in [4.78, 5) is 18.6.